The number of rotatable bonds is 8. The maximum Gasteiger partial charge on any atom is 0.320 e. The zero-order valence-corrected chi connectivity index (χ0v) is 12.2. The van der Waals surface area contributed by atoms with Gasteiger partial charge in [0.2, 0.25) is 0 Å². The molecule has 0 aliphatic heterocycles. The lowest BCUT2D eigenvalue weighted by atomic mass is 10.0. The molecular formula is C15H26O4. The first-order valence-corrected chi connectivity index (χ1v) is 7.52. The molecule has 1 aliphatic carbocycles. The topological polar surface area (TPSA) is 52.6 Å². The fraction of sp³-hybridized carbons (Fsp3) is 0.867. The second-order valence-corrected chi connectivity index (χ2v) is 5.29. The number of hydrogen-bond acceptors (Lipinski definition) is 4. The van der Waals surface area contributed by atoms with Crippen LogP contribution in [0.15, 0.2) is 0 Å². The van der Waals surface area contributed by atoms with Gasteiger partial charge in [-0.05, 0) is 31.6 Å². The maximum atomic E-state index is 12.0. The Morgan fingerprint density at radius 3 is 2.26 bits per heavy atom. The zero-order chi connectivity index (χ0) is 14.1. The fourth-order valence-corrected chi connectivity index (χ4v) is 2.40. The van der Waals surface area contributed by atoms with Crippen molar-refractivity contribution in [2.24, 2.45) is 11.8 Å². The van der Waals surface area contributed by atoms with Crippen LogP contribution in [-0.4, -0.2) is 25.2 Å². The van der Waals surface area contributed by atoms with Gasteiger partial charge in [0.05, 0.1) is 13.2 Å². The van der Waals surface area contributed by atoms with Crippen molar-refractivity contribution < 1.29 is 19.1 Å². The van der Waals surface area contributed by atoms with E-state index < -0.39 is 17.9 Å². The Labute approximate surface area is 115 Å². The molecule has 19 heavy (non-hydrogen) atoms. The van der Waals surface area contributed by atoms with Gasteiger partial charge in [0.15, 0.2) is 5.92 Å². The highest BCUT2D eigenvalue weighted by Gasteiger charge is 2.29. The average molecular weight is 270 g/mol. The molecule has 4 nitrogen and oxygen atoms in total. The van der Waals surface area contributed by atoms with Crippen LogP contribution >= 0.6 is 0 Å². The predicted molar refractivity (Wildman–Crippen MR) is 72.6 cm³/mol. The normalized spacial score (nSPS) is 17.2. The molecule has 4 heteroatoms. The smallest absolute Gasteiger partial charge is 0.320 e. The van der Waals surface area contributed by atoms with E-state index in [9.17, 15) is 9.59 Å². The zero-order valence-electron chi connectivity index (χ0n) is 12.2. The molecule has 1 aliphatic rings. The van der Waals surface area contributed by atoms with Gasteiger partial charge in [-0.15, -0.1) is 0 Å². The van der Waals surface area contributed by atoms with Gasteiger partial charge in [0, 0.05) is 0 Å². The third-order valence-corrected chi connectivity index (χ3v) is 3.53. The van der Waals surface area contributed by atoms with E-state index in [0.717, 1.165) is 25.7 Å². The van der Waals surface area contributed by atoms with Crippen LogP contribution in [0, 0.1) is 11.8 Å². The third-order valence-electron chi connectivity index (χ3n) is 3.53. The average Bonchev–Trinajstić information content (AvgIpc) is 2.92. The highest BCUT2D eigenvalue weighted by molar-refractivity contribution is 5.94. The lowest BCUT2D eigenvalue weighted by molar-refractivity contribution is -0.163. The number of carbonyl (C=O) groups is 2. The standard InChI is InChI=1S/C15H26O4/c1-3-7-13(14(16)18-10-4-2)15(17)19-11-12-8-5-6-9-12/h12-13H,3-11H2,1-2H3. The Morgan fingerprint density at radius 1 is 1.05 bits per heavy atom. The van der Waals surface area contributed by atoms with E-state index in [0.29, 0.717) is 25.6 Å². The summed E-state index contributed by atoms with van der Waals surface area (Å²) in [7, 11) is 0. The third kappa shape index (κ3) is 5.62. The molecule has 0 saturated heterocycles. The van der Waals surface area contributed by atoms with Crippen LogP contribution in [0.25, 0.3) is 0 Å². The molecule has 1 rings (SSSR count). The Kier molecular flexibility index (Phi) is 7.53. The van der Waals surface area contributed by atoms with E-state index >= 15 is 0 Å². The fourth-order valence-electron chi connectivity index (χ4n) is 2.40. The van der Waals surface area contributed by atoms with E-state index in [4.69, 9.17) is 9.47 Å². The predicted octanol–water partition coefficient (Wildman–Crippen LogP) is 3.09. The summed E-state index contributed by atoms with van der Waals surface area (Å²) in [6.07, 6.45) is 6.74. The van der Waals surface area contributed by atoms with Gasteiger partial charge in [-0.2, -0.15) is 0 Å². The first-order chi connectivity index (χ1) is 9.19. The Bertz CT molecular complexity index is 282. The first-order valence-electron chi connectivity index (χ1n) is 7.52. The van der Waals surface area contributed by atoms with Crippen LogP contribution in [0.1, 0.15) is 58.8 Å². The van der Waals surface area contributed by atoms with Gasteiger partial charge in [0.1, 0.15) is 0 Å². The highest BCUT2D eigenvalue weighted by Crippen LogP contribution is 2.25. The minimum absolute atomic E-state index is 0.370. The van der Waals surface area contributed by atoms with Crippen molar-refractivity contribution in [3.63, 3.8) is 0 Å². The minimum Gasteiger partial charge on any atom is -0.465 e. The van der Waals surface area contributed by atoms with Crippen LogP contribution in [0.2, 0.25) is 0 Å². The van der Waals surface area contributed by atoms with Crippen molar-refractivity contribution in [2.45, 2.75) is 58.8 Å². The molecule has 1 unspecified atom stereocenters. The summed E-state index contributed by atoms with van der Waals surface area (Å²) in [6.45, 7) is 4.71. The van der Waals surface area contributed by atoms with Crippen molar-refractivity contribution >= 4 is 11.9 Å². The summed E-state index contributed by atoms with van der Waals surface area (Å²) in [5.41, 5.74) is 0. The molecule has 1 fully saturated rings. The summed E-state index contributed by atoms with van der Waals surface area (Å²) in [6, 6.07) is 0. The van der Waals surface area contributed by atoms with Gasteiger partial charge < -0.3 is 9.47 Å². The van der Waals surface area contributed by atoms with Crippen molar-refractivity contribution in [2.75, 3.05) is 13.2 Å². The second kappa shape index (κ2) is 8.94. The Hall–Kier alpha value is -1.06. The molecule has 0 N–H and O–H groups in total. The molecule has 0 aromatic rings. The molecule has 1 saturated carbocycles. The van der Waals surface area contributed by atoms with Gasteiger partial charge in [-0.25, -0.2) is 0 Å². The molecule has 0 amide bonds. The van der Waals surface area contributed by atoms with Crippen molar-refractivity contribution in [3.8, 4) is 0 Å². The number of esters is 2. The quantitative estimate of drug-likeness (QED) is 0.502. The van der Waals surface area contributed by atoms with Gasteiger partial charge in [-0.1, -0.05) is 33.1 Å². The summed E-state index contributed by atoms with van der Waals surface area (Å²) in [4.78, 5) is 23.8. The van der Waals surface area contributed by atoms with Crippen LogP contribution in [0.5, 0.6) is 0 Å². The number of ether oxygens (including phenoxy) is 2. The minimum atomic E-state index is -0.738. The lowest BCUT2D eigenvalue weighted by Crippen LogP contribution is -2.29. The van der Waals surface area contributed by atoms with E-state index in [2.05, 4.69) is 0 Å². The van der Waals surface area contributed by atoms with Crippen molar-refractivity contribution in [1.29, 1.82) is 0 Å². The monoisotopic (exact) mass is 270 g/mol. The summed E-state index contributed by atoms with van der Waals surface area (Å²) < 4.78 is 10.4. The molecular weight excluding hydrogens is 244 g/mol. The van der Waals surface area contributed by atoms with Gasteiger partial charge in [-0.3, -0.25) is 9.59 Å². The van der Waals surface area contributed by atoms with Crippen molar-refractivity contribution in [3.05, 3.63) is 0 Å². The van der Waals surface area contributed by atoms with Crippen LogP contribution in [-0.2, 0) is 19.1 Å². The van der Waals surface area contributed by atoms with Crippen LogP contribution in [0.3, 0.4) is 0 Å². The molecule has 0 spiro atoms. The van der Waals surface area contributed by atoms with E-state index in [1.54, 1.807) is 0 Å². The van der Waals surface area contributed by atoms with Crippen molar-refractivity contribution in [1.82, 2.24) is 0 Å². The number of carbonyl (C=O) groups excluding carboxylic acids is 2. The molecule has 0 radical (unpaired) electrons. The Morgan fingerprint density at radius 2 is 1.68 bits per heavy atom. The summed E-state index contributed by atoms with van der Waals surface area (Å²) in [5.74, 6) is -1.09. The molecule has 0 bridgehead atoms. The molecule has 1 atom stereocenters. The highest BCUT2D eigenvalue weighted by atomic mass is 16.6. The molecule has 0 aromatic carbocycles. The SMILES string of the molecule is CCCOC(=O)C(CCC)C(=O)OCC1CCCC1. The lowest BCUT2D eigenvalue weighted by Gasteiger charge is -2.16. The Balaban J connectivity index is 2.39. The molecule has 0 heterocycles. The molecule has 0 aromatic heterocycles. The van der Waals surface area contributed by atoms with Crippen LogP contribution in [0.4, 0.5) is 0 Å². The van der Waals surface area contributed by atoms with Crippen LogP contribution < -0.4 is 0 Å². The maximum absolute atomic E-state index is 12.0. The van der Waals surface area contributed by atoms with Gasteiger partial charge >= 0.3 is 11.9 Å². The summed E-state index contributed by atoms with van der Waals surface area (Å²) in [5, 5.41) is 0. The first kappa shape index (κ1) is 16.0. The number of hydrogen-bond donors (Lipinski definition) is 0. The largest absolute Gasteiger partial charge is 0.465 e. The second-order valence-electron chi connectivity index (χ2n) is 5.29. The van der Waals surface area contributed by atoms with E-state index in [-0.39, 0.29) is 0 Å². The van der Waals surface area contributed by atoms with Gasteiger partial charge in [0.25, 0.3) is 0 Å². The van der Waals surface area contributed by atoms with E-state index in [1.165, 1.54) is 12.8 Å². The summed E-state index contributed by atoms with van der Waals surface area (Å²) >= 11 is 0. The van der Waals surface area contributed by atoms with E-state index in [1.807, 2.05) is 13.8 Å². The molecule has 110 valence electrons.